The van der Waals surface area contributed by atoms with Gasteiger partial charge in [-0.3, -0.25) is 4.72 Å². The maximum Gasteiger partial charge on any atom is 0.299 e. The molecule has 1 rings (SSSR count). The van der Waals surface area contributed by atoms with Crippen molar-refractivity contribution < 1.29 is 22.8 Å². The third-order valence-corrected chi connectivity index (χ3v) is 4.93. The van der Waals surface area contributed by atoms with Crippen molar-refractivity contribution in [2.45, 2.75) is 45.1 Å². The zero-order valence-corrected chi connectivity index (χ0v) is 16.9. The van der Waals surface area contributed by atoms with Crippen molar-refractivity contribution >= 4 is 21.9 Å². The minimum absolute atomic E-state index is 0.325. The number of aliphatic carboxylic acids is 1. The number of unbranched alkanes of at least 4 members (excludes halogenated alkanes) is 2. The van der Waals surface area contributed by atoms with Crippen LogP contribution in [0, 0.1) is 0 Å². The van der Waals surface area contributed by atoms with E-state index in [1.165, 1.54) is 6.42 Å². The third kappa shape index (κ3) is 9.74. The molecule has 0 amide bonds. The van der Waals surface area contributed by atoms with Gasteiger partial charge < -0.3 is 14.4 Å². The minimum Gasteiger partial charge on any atom is -0.550 e. The van der Waals surface area contributed by atoms with Gasteiger partial charge in [-0.1, -0.05) is 31.9 Å². The molecule has 0 saturated heterocycles. The van der Waals surface area contributed by atoms with Crippen LogP contribution in [-0.4, -0.2) is 52.6 Å². The summed E-state index contributed by atoms with van der Waals surface area (Å²) in [5.74, 6) is -1.29. The summed E-state index contributed by atoms with van der Waals surface area (Å²) in [5.41, 5.74) is 1.60. The van der Waals surface area contributed by atoms with Gasteiger partial charge in [0.2, 0.25) is 0 Å². The molecule has 0 heterocycles. The number of rotatable bonds is 12. The summed E-state index contributed by atoms with van der Waals surface area (Å²) in [5, 5.41) is 10.9. The lowest BCUT2D eigenvalue weighted by molar-refractivity contribution is -0.871. The number of carbonyl (C=O) groups is 1. The molecular formula is C18H31N3O4S. The first-order chi connectivity index (χ1) is 12.0. The van der Waals surface area contributed by atoms with Crippen LogP contribution in [0.1, 0.15) is 38.2 Å². The van der Waals surface area contributed by atoms with E-state index in [4.69, 9.17) is 0 Å². The molecule has 0 aliphatic heterocycles. The molecule has 0 spiro atoms. The lowest BCUT2D eigenvalue weighted by Crippen LogP contribution is -2.51. The topological polar surface area (TPSA) is 98.3 Å². The number of quaternary nitrogens is 1. The van der Waals surface area contributed by atoms with Crippen LogP contribution in [0.25, 0.3) is 0 Å². The number of hydrogen-bond donors (Lipinski definition) is 2. The number of hydrogen-bond acceptors (Lipinski definition) is 4. The van der Waals surface area contributed by atoms with Gasteiger partial charge in [0.05, 0.1) is 33.7 Å². The highest BCUT2D eigenvalue weighted by Crippen LogP contribution is 2.14. The molecule has 1 aromatic rings. The Labute approximate surface area is 157 Å². The van der Waals surface area contributed by atoms with Gasteiger partial charge in [0.25, 0.3) is 10.2 Å². The summed E-state index contributed by atoms with van der Waals surface area (Å²) in [7, 11) is 1.70. The molecule has 0 aliphatic rings. The van der Waals surface area contributed by atoms with Crippen molar-refractivity contribution in [1.29, 1.82) is 0 Å². The van der Waals surface area contributed by atoms with Crippen LogP contribution < -0.4 is 14.6 Å². The fourth-order valence-electron chi connectivity index (χ4n) is 2.73. The fraction of sp³-hybridized carbons (Fsp3) is 0.611. The zero-order chi connectivity index (χ0) is 19.8. The van der Waals surface area contributed by atoms with Crippen LogP contribution in [0.5, 0.6) is 0 Å². The lowest BCUT2D eigenvalue weighted by Gasteiger charge is -2.29. The normalized spacial score (nSPS) is 13.4. The number of carbonyl (C=O) groups excluding carboxylic acids is 1. The predicted molar refractivity (Wildman–Crippen MR) is 102 cm³/mol. The van der Waals surface area contributed by atoms with E-state index >= 15 is 0 Å². The molecule has 0 bridgehead atoms. The van der Waals surface area contributed by atoms with E-state index in [-0.39, 0.29) is 6.42 Å². The van der Waals surface area contributed by atoms with E-state index in [1.807, 2.05) is 33.3 Å². The van der Waals surface area contributed by atoms with Gasteiger partial charge in [0.1, 0.15) is 0 Å². The van der Waals surface area contributed by atoms with E-state index in [9.17, 15) is 18.3 Å². The van der Waals surface area contributed by atoms with Gasteiger partial charge in [-0.2, -0.15) is 13.1 Å². The van der Waals surface area contributed by atoms with Crippen molar-refractivity contribution in [3.05, 3.63) is 29.8 Å². The van der Waals surface area contributed by atoms with Crippen LogP contribution in [0.15, 0.2) is 24.3 Å². The van der Waals surface area contributed by atoms with Gasteiger partial charge in [-0.05, 0) is 30.5 Å². The molecule has 0 fully saturated rings. The molecule has 26 heavy (non-hydrogen) atoms. The highest BCUT2D eigenvalue weighted by Gasteiger charge is 2.23. The number of carboxylic acid groups (broad SMARTS) is 1. The molecule has 0 aliphatic carbocycles. The second kappa shape index (κ2) is 9.89. The van der Waals surface area contributed by atoms with Gasteiger partial charge in [0, 0.05) is 18.1 Å². The standard InChI is InChI=1S/C18H31N3O4S/c1-5-6-7-8-15-9-11-16(12-10-15)19-26(24,25)20-17(13-18(22)23)14-21(2,3)4/h9-12,17,19-20H,5-8,13-14H2,1-4H3. The average Bonchev–Trinajstić information content (AvgIpc) is 2.45. The van der Waals surface area contributed by atoms with Crippen LogP contribution >= 0.6 is 0 Å². The van der Waals surface area contributed by atoms with E-state index in [0.717, 1.165) is 24.8 Å². The van der Waals surface area contributed by atoms with Gasteiger partial charge >= 0.3 is 0 Å². The Morgan fingerprint density at radius 3 is 2.27 bits per heavy atom. The first-order valence-electron chi connectivity index (χ1n) is 8.90. The van der Waals surface area contributed by atoms with Crippen molar-refractivity contribution in [2.75, 3.05) is 32.4 Å². The highest BCUT2D eigenvalue weighted by molar-refractivity contribution is 7.90. The number of nitrogens with one attached hydrogen (secondary N) is 2. The molecule has 148 valence electrons. The molecule has 7 nitrogen and oxygen atoms in total. The Balaban J connectivity index is 2.72. The zero-order valence-electron chi connectivity index (χ0n) is 16.1. The quantitative estimate of drug-likeness (QED) is 0.412. The molecule has 8 heteroatoms. The number of anilines is 1. The predicted octanol–water partition coefficient (Wildman–Crippen LogP) is 0.880. The summed E-state index contributed by atoms with van der Waals surface area (Å²) in [4.78, 5) is 10.9. The largest absolute Gasteiger partial charge is 0.550 e. The molecule has 1 aromatic carbocycles. The number of likely N-dealkylation sites (N-methyl/N-ethyl adjacent to an activating group) is 1. The monoisotopic (exact) mass is 385 g/mol. The number of benzene rings is 1. The van der Waals surface area contributed by atoms with E-state index in [2.05, 4.69) is 16.4 Å². The third-order valence-electron chi connectivity index (χ3n) is 3.78. The second-order valence-corrected chi connectivity index (χ2v) is 9.07. The number of nitrogens with zero attached hydrogens (tertiary/aromatic N) is 1. The van der Waals surface area contributed by atoms with Crippen molar-refractivity contribution in [2.24, 2.45) is 0 Å². The first kappa shape index (κ1) is 22.4. The Bertz CT molecular complexity index is 667. The Hall–Kier alpha value is -1.64. The Kier molecular flexibility index (Phi) is 8.52. The SMILES string of the molecule is CCCCCc1ccc(NS(=O)(=O)NC(CC(=O)[O-])C[N+](C)(C)C)cc1. The summed E-state index contributed by atoms with van der Waals surface area (Å²) in [6.45, 7) is 2.47. The number of carboxylic acids is 1. The molecular weight excluding hydrogens is 354 g/mol. The summed E-state index contributed by atoms with van der Waals surface area (Å²) < 4.78 is 29.9. The van der Waals surface area contributed by atoms with E-state index in [0.29, 0.717) is 16.7 Å². The molecule has 1 atom stereocenters. The van der Waals surface area contributed by atoms with Crippen molar-refractivity contribution in [1.82, 2.24) is 4.72 Å². The maximum absolute atomic E-state index is 12.3. The van der Waals surface area contributed by atoms with Gasteiger partial charge in [-0.15, -0.1) is 0 Å². The van der Waals surface area contributed by atoms with Crippen LogP contribution in [0.2, 0.25) is 0 Å². The molecule has 0 saturated carbocycles. The fourth-order valence-corrected chi connectivity index (χ4v) is 3.83. The van der Waals surface area contributed by atoms with Crippen molar-refractivity contribution in [3.8, 4) is 0 Å². The van der Waals surface area contributed by atoms with E-state index in [1.54, 1.807) is 12.1 Å². The molecule has 1 unspecified atom stereocenters. The van der Waals surface area contributed by atoms with Gasteiger partial charge in [0.15, 0.2) is 0 Å². The smallest absolute Gasteiger partial charge is 0.299 e. The van der Waals surface area contributed by atoms with Crippen LogP contribution in [0.4, 0.5) is 5.69 Å². The maximum atomic E-state index is 12.3. The van der Waals surface area contributed by atoms with E-state index < -0.39 is 22.2 Å². The second-order valence-electron chi connectivity index (χ2n) is 7.62. The van der Waals surface area contributed by atoms with Crippen LogP contribution in [0.3, 0.4) is 0 Å². The Morgan fingerprint density at radius 2 is 1.77 bits per heavy atom. The Morgan fingerprint density at radius 1 is 1.15 bits per heavy atom. The summed E-state index contributed by atoms with van der Waals surface area (Å²) in [6, 6.07) is 6.48. The van der Waals surface area contributed by atoms with Gasteiger partial charge in [-0.25, -0.2) is 0 Å². The lowest BCUT2D eigenvalue weighted by atomic mass is 10.1. The first-order valence-corrected chi connectivity index (χ1v) is 10.4. The molecule has 2 N–H and O–H groups in total. The minimum atomic E-state index is -3.89. The summed E-state index contributed by atoms with van der Waals surface area (Å²) >= 11 is 0. The number of aryl methyl sites for hydroxylation is 1. The highest BCUT2D eigenvalue weighted by atomic mass is 32.2. The molecule has 0 radical (unpaired) electrons. The summed E-state index contributed by atoms with van der Waals surface area (Å²) in [6.07, 6.45) is 4.02. The molecule has 0 aromatic heterocycles. The van der Waals surface area contributed by atoms with Crippen LogP contribution in [-0.2, 0) is 21.4 Å². The van der Waals surface area contributed by atoms with Crippen molar-refractivity contribution in [3.63, 3.8) is 0 Å². The average molecular weight is 386 g/mol.